The van der Waals surface area contributed by atoms with Crippen LogP contribution >= 0.6 is 0 Å². The highest BCUT2D eigenvalue weighted by Crippen LogP contribution is 2.25. The standard InChI is InChI=1S/C23H33N3O4/c1-5-17-8-10-18(11-9-17)23-25-20(16(2)30-23)15-26-12-6-7-19(14-26)22(27)24-13-21(28-3)29-4/h8-11,19,21H,5-7,12-15H2,1-4H3,(H,24,27)/t19-/m1/s1. The number of methoxy groups -OCH3 is 2. The van der Waals surface area contributed by atoms with Gasteiger partial charge in [-0.15, -0.1) is 0 Å². The lowest BCUT2D eigenvalue weighted by molar-refractivity contribution is -0.132. The van der Waals surface area contributed by atoms with Gasteiger partial charge in [0.25, 0.3) is 0 Å². The van der Waals surface area contributed by atoms with E-state index in [1.807, 2.05) is 6.92 Å². The Morgan fingerprint density at radius 3 is 2.70 bits per heavy atom. The quantitative estimate of drug-likeness (QED) is 0.634. The molecule has 0 saturated carbocycles. The normalized spacial score (nSPS) is 17.4. The first-order chi connectivity index (χ1) is 14.5. The monoisotopic (exact) mass is 415 g/mol. The first kappa shape index (κ1) is 22.5. The molecule has 0 aliphatic carbocycles. The number of amides is 1. The Labute approximate surface area is 178 Å². The number of carbonyl (C=O) groups excluding carboxylic acids is 1. The first-order valence-corrected chi connectivity index (χ1v) is 10.6. The van der Waals surface area contributed by atoms with E-state index < -0.39 is 6.29 Å². The minimum atomic E-state index is -0.420. The zero-order valence-corrected chi connectivity index (χ0v) is 18.4. The highest BCUT2D eigenvalue weighted by atomic mass is 16.7. The molecule has 0 spiro atoms. The fourth-order valence-electron chi connectivity index (χ4n) is 3.80. The van der Waals surface area contributed by atoms with Gasteiger partial charge in [0.2, 0.25) is 11.8 Å². The van der Waals surface area contributed by atoms with E-state index in [1.54, 1.807) is 14.2 Å². The maximum absolute atomic E-state index is 12.6. The van der Waals surface area contributed by atoms with Crippen LogP contribution in [-0.2, 0) is 27.2 Å². The van der Waals surface area contributed by atoms with Crippen LogP contribution in [0.2, 0.25) is 0 Å². The number of hydrogen-bond donors (Lipinski definition) is 1. The van der Waals surface area contributed by atoms with Crippen molar-refractivity contribution in [1.82, 2.24) is 15.2 Å². The van der Waals surface area contributed by atoms with E-state index in [2.05, 4.69) is 41.4 Å². The van der Waals surface area contributed by atoms with Gasteiger partial charge >= 0.3 is 0 Å². The maximum atomic E-state index is 12.6. The van der Waals surface area contributed by atoms with Crippen LogP contribution < -0.4 is 5.32 Å². The van der Waals surface area contributed by atoms with Crippen molar-refractivity contribution < 1.29 is 18.7 Å². The number of nitrogens with zero attached hydrogens (tertiary/aromatic N) is 2. The molecule has 2 aromatic rings. The van der Waals surface area contributed by atoms with Gasteiger partial charge in [0.05, 0.1) is 18.2 Å². The summed E-state index contributed by atoms with van der Waals surface area (Å²) in [5.41, 5.74) is 3.22. The Kier molecular flexibility index (Phi) is 8.01. The first-order valence-electron chi connectivity index (χ1n) is 10.6. The van der Waals surface area contributed by atoms with Crippen molar-refractivity contribution in [1.29, 1.82) is 0 Å². The summed E-state index contributed by atoms with van der Waals surface area (Å²) in [5, 5.41) is 2.94. The molecule has 0 bridgehead atoms. The molecule has 1 aliphatic heterocycles. The molecule has 1 N–H and O–H groups in total. The maximum Gasteiger partial charge on any atom is 0.226 e. The molecule has 1 fully saturated rings. The summed E-state index contributed by atoms with van der Waals surface area (Å²) in [4.78, 5) is 19.6. The van der Waals surface area contributed by atoms with Crippen molar-refractivity contribution in [2.45, 2.75) is 45.9 Å². The molecule has 0 unspecified atom stereocenters. The third kappa shape index (κ3) is 5.68. The zero-order valence-electron chi connectivity index (χ0n) is 18.4. The molecule has 2 heterocycles. The Morgan fingerprint density at radius 2 is 2.03 bits per heavy atom. The third-order valence-corrected chi connectivity index (χ3v) is 5.72. The predicted molar refractivity (Wildman–Crippen MR) is 115 cm³/mol. The molecule has 3 rings (SSSR count). The number of benzene rings is 1. The molecule has 0 radical (unpaired) electrons. The number of hydrogen-bond acceptors (Lipinski definition) is 6. The second kappa shape index (κ2) is 10.7. The van der Waals surface area contributed by atoms with Crippen LogP contribution in [0.15, 0.2) is 28.7 Å². The van der Waals surface area contributed by atoms with E-state index in [0.717, 1.165) is 42.8 Å². The largest absolute Gasteiger partial charge is 0.441 e. The number of carbonyl (C=O) groups is 1. The van der Waals surface area contributed by atoms with Crippen LogP contribution in [0.25, 0.3) is 11.5 Å². The van der Waals surface area contributed by atoms with E-state index in [9.17, 15) is 4.79 Å². The average molecular weight is 416 g/mol. The van der Waals surface area contributed by atoms with Gasteiger partial charge in [-0.3, -0.25) is 9.69 Å². The predicted octanol–water partition coefficient (Wildman–Crippen LogP) is 3.16. The molecular weight excluding hydrogens is 382 g/mol. The van der Waals surface area contributed by atoms with Gasteiger partial charge in [0.15, 0.2) is 6.29 Å². The summed E-state index contributed by atoms with van der Waals surface area (Å²) in [6.07, 6.45) is 2.46. The highest BCUT2D eigenvalue weighted by molar-refractivity contribution is 5.79. The van der Waals surface area contributed by atoms with Gasteiger partial charge in [-0.1, -0.05) is 19.1 Å². The lowest BCUT2D eigenvalue weighted by Gasteiger charge is -2.31. The number of piperidine rings is 1. The Balaban J connectivity index is 1.59. The summed E-state index contributed by atoms with van der Waals surface area (Å²) in [6, 6.07) is 8.34. The van der Waals surface area contributed by atoms with Crippen molar-refractivity contribution >= 4 is 5.91 Å². The molecule has 164 valence electrons. The fraction of sp³-hybridized carbons (Fsp3) is 0.565. The number of ether oxygens (including phenoxy) is 2. The summed E-state index contributed by atoms with van der Waals surface area (Å²) in [5.74, 6) is 1.49. The van der Waals surface area contributed by atoms with Crippen LogP contribution in [0.3, 0.4) is 0 Å². The second-order valence-electron chi connectivity index (χ2n) is 7.79. The van der Waals surface area contributed by atoms with E-state index in [1.165, 1.54) is 5.56 Å². The zero-order chi connectivity index (χ0) is 21.5. The van der Waals surface area contributed by atoms with Crippen molar-refractivity contribution in [2.75, 3.05) is 33.9 Å². The Morgan fingerprint density at radius 1 is 1.30 bits per heavy atom. The van der Waals surface area contributed by atoms with Crippen molar-refractivity contribution in [3.05, 3.63) is 41.3 Å². The summed E-state index contributed by atoms with van der Waals surface area (Å²) >= 11 is 0. The topological polar surface area (TPSA) is 76.8 Å². The molecular formula is C23H33N3O4. The lowest BCUT2D eigenvalue weighted by atomic mass is 9.97. The minimum absolute atomic E-state index is 0.0404. The Hall–Kier alpha value is -2.22. The average Bonchev–Trinajstić information content (AvgIpc) is 3.14. The fourth-order valence-corrected chi connectivity index (χ4v) is 3.80. The molecule has 1 atom stereocenters. The van der Waals surface area contributed by atoms with E-state index in [0.29, 0.717) is 25.5 Å². The van der Waals surface area contributed by atoms with E-state index >= 15 is 0 Å². The minimum Gasteiger partial charge on any atom is -0.441 e. The number of rotatable bonds is 9. The van der Waals surface area contributed by atoms with Gasteiger partial charge in [-0.25, -0.2) is 4.98 Å². The summed E-state index contributed by atoms with van der Waals surface area (Å²) in [6.45, 7) is 6.80. The number of likely N-dealkylation sites (tertiary alicyclic amines) is 1. The van der Waals surface area contributed by atoms with Crippen molar-refractivity contribution in [3.8, 4) is 11.5 Å². The van der Waals surface area contributed by atoms with Crippen LogP contribution in [0.5, 0.6) is 0 Å². The van der Waals surface area contributed by atoms with E-state index in [-0.39, 0.29) is 11.8 Å². The van der Waals surface area contributed by atoms with E-state index in [4.69, 9.17) is 18.9 Å². The molecule has 30 heavy (non-hydrogen) atoms. The number of aromatic nitrogens is 1. The summed E-state index contributed by atoms with van der Waals surface area (Å²) in [7, 11) is 3.13. The molecule has 1 saturated heterocycles. The molecule has 7 heteroatoms. The number of nitrogens with one attached hydrogen (secondary N) is 1. The van der Waals surface area contributed by atoms with Crippen LogP contribution in [0.4, 0.5) is 0 Å². The van der Waals surface area contributed by atoms with Gasteiger partial charge in [-0.05, 0) is 50.4 Å². The second-order valence-corrected chi connectivity index (χ2v) is 7.79. The van der Waals surface area contributed by atoms with Crippen LogP contribution in [0, 0.1) is 12.8 Å². The highest BCUT2D eigenvalue weighted by Gasteiger charge is 2.27. The van der Waals surface area contributed by atoms with Gasteiger partial charge < -0.3 is 19.2 Å². The van der Waals surface area contributed by atoms with Crippen molar-refractivity contribution in [3.63, 3.8) is 0 Å². The molecule has 1 aromatic heterocycles. The van der Waals surface area contributed by atoms with Crippen LogP contribution in [-0.4, -0.2) is 55.9 Å². The third-order valence-electron chi connectivity index (χ3n) is 5.72. The summed E-state index contributed by atoms with van der Waals surface area (Å²) < 4.78 is 16.2. The SMILES string of the molecule is CCc1ccc(-c2nc(CN3CCC[C@@H](C(=O)NCC(OC)OC)C3)c(C)o2)cc1. The molecule has 1 aromatic carbocycles. The van der Waals surface area contributed by atoms with Crippen LogP contribution in [0.1, 0.15) is 36.8 Å². The van der Waals surface area contributed by atoms with Gasteiger partial charge in [0.1, 0.15) is 5.76 Å². The smallest absolute Gasteiger partial charge is 0.226 e. The van der Waals surface area contributed by atoms with Gasteiger partial charge in [-0.2, -0.15) is 0 Å². The Bertz CT molecular complexity index is 814. The van der Waals surface area contributed by atoms with Gasteiger partial charge in [0, 0.05) is 32.9 Å². The molecule has 1 aliphatic rings. The molecule has 7 nitrogen and oxygen atoms in total. The number of aryl methyl sites for hydroxylation is 2. The molecule has 1 amide bonds. The number of oxazole rings is 1. The lowest BCUT2D eigenvalue weighted by Crippen LogP contribution is -2.44. The van der Waals surface area contributed by atoms with Crippen molar-refractivity contribution in [2.24, 2.45) is 5.92 Å².